The first-order chi connectivity index (χ1) is 41.9. The van der Waals surface area contributed by atoms with Crippen LogP contribution in [0.25, 0.3) is 0 Å². The molecule has 9 saturated carbocycles. The lowest BCUT2D eigenvalue weighted by Gasteiger charge is -2.61. The molecule has 0 radical (unpaired) electrons. The van der Waals surface area contributed by atoms with Gasteiger partial charge in [0.25, 0.3) is 0 Å². The van der Waals surface area contributed by atoms with Crippen molar-refractivity contribution in [3.8, 4) is 0 Å². The molecule has 12 aliphatic rings. The van der Waals surface area contributed by atoms with E-state index in [1.807, 2.05) is 0 Å². The van der Waals surface area contributed by atoms with Crippen molar-refractivity contribution in [1.29, 1.82) is 0 Å². The molecule has 0 unspecified atom stereocenters. The van der Waals surface area contributed by atoms with E-state index in [9.17, 15) is 0 Å². The highest BCUT2D eigenvalue weighted by Gasteiger charge is 2.67. The number of fused-ring (bicyclic) bond motifs is 15. The second-order valence-electron chi connectivity index (χ2n) is 39.1. The quantitative estimate of drug-likeness (QED) is 0.0849. The normalized spacial score (nSPS) is 47.7. The van der Waals surface area contributed by atoms with E-state index < -0.39 is 7.82 Å². The van der Waals surface area contributed by atoms with Crippen LogP contribution < -0.4 is 0 Å². The lowest BCUT2D eigenvalue weighted by molar-refractivity contribution is -0.0937. The molecule has 0 aromatic heterocycles. The minimum Gasteiger partial charge on any atom is -0.283 e. The highest BCUT2D eigenvalue weighted by Crippen LogP contribution is 2.76. The van der Waals surface area contributed by atoms with Crippen LogP contribution in [0.1, 0.15) is 337 Å². The van der Waals surface area contributed by atoms with E-state index in [4.69, 9.17) is 13.6 Å². The molecular formula is C84H141O4P. The zero-order chi connectivity index (χ0) is 63.7. The average molecular weight is 1250 g/mol. The molecule has 0 spiro atoms. The molecule has 9 fully saturated rings. The highest BCUT2D eigenvalue weighted by atomic mass is 31.2. The van der Waals surface area contributed by atoms with Crippen molar-refractivity contribution in [3.05, 3.63) is 34.9 Å². The Bertz CT molecular complexity index is 2380. The van der Waals surface area contributed by atoms with E-state index in [-0.39, 0.29) is 34.6 Å². The predicted octanol–water partition coefficient (Wildman–Crippen LogP) is 25.5. The Labute approximate surface area is 550 Å². The molecule has 4 nitrogen and oxygen atoms in total. The van der Waals surface area contributed by atoms with Crippen molar-refractivity contribution in [2.45, 2.75) is 355 Å². The van der Waals surface area contributed by atoms with Crippen molar-refractivity contribution in [1.82, 2.24) is 0 Å². The molecule has 12 aliphatic carbocycles. The Kier molecular flexibility index (Phi) is 19.2. The molecule has 24 atom stereocenters. The van der Waals surface area contributed by atoms with E-state index in [1.165, 1.54) is 154 Å². The first-order valence-electron chi connectivity index (χ1n) is 39.6. The SMILES string of the molecule is CC(C)CCC[C@@H](C)[C@@]1(C)CC[C@H]2[C@@H]3CC=C4C[C@H](OP(=O)(O[C@@H]5CC[C@@]6(C)C(=CC[C@@H]7[C@@H]6CC[C@@]6(C)[C@H]7CC[C@]6(C)[C@H](C)CCCC(C)C)C5)O[C@@H]5CC[C@@]6(C)C(=CC[C@@H]7[C@@H]6CC[C@@]6(C)[C@H]7CC[C@]6(C)[C@H](C)CCCC(C)C)C5)CC[C@]4(C)[C@H]3CC[C@@]21C. The molecule has 5 heteroatoms. The summed E-state index contributed by atoms with van der Waals surface area (Å²) in [4.78, 5) is 0. The van der Waals surface area contributed by atoms with Crippen LogP contribution in [0.15, 0.2) is 34.9 Å². The summed E-state index contributed by atoms with van der Waals surface area (Å²) in [5.41, 5.74) is 7.96. The van der Waals surface area contributed by atoms with Crippen LogP contribution in [0.5, 0.6) is 0 Å². The van der Waals surface area contributed by atoms with Crippen molar-refractivity contribution in [2.75, 3.05) is 0 Å². The van der Waals surface area contributed by atoms with Gasteiger partial charge in [-0.25, -0.2) is 4.57 Å². The van der Waals surface area contributed by atoms with Crippen LogP contribution in [-0.2, 0) is 18.1 Å². The predicted molar refractivity (Wildman–Crippen MR) is 375 cm³/mol. The Morgan fingerprint density at radius 2 is 0.618 bits per heavy atom. The topological polar surface area (TPSA) is 44.8 Å². The third-order valence-corrected chi connectivity index (χ3v) is 36.2. The van der Waals surface area contributed by atoms with Crippen LogP contribution in [0.3, 0.4) is 0 Å². The van der Waals surface area contributed by atoms with Crippen LogP contribution in [-0.4, -0.2) is 18.3 Å². The Morgan fingerprint density at radius 3 is 0.876 bits per heavy atom. The van der Waals surface area contributed by atoms with Gasteiger partial charge in [-0.3, -0.25) is 13.6 Å². The molecule has 0 aromatic rings. The minimum atomic E-state index is -3.99. The lowest BCUT2D eigenvalue weighted by atomic mass is 9.44. The standard InChI is InChI=1S/C84H141O4P/c1-55(2)22-19-25-58(7)79(13)46-40-73-67-31-28-61-52-64(34-43-76(61,10)70(67)37-49-82(73,79)16)86-89(85,87-65-35-44-77(11)62(53-65)29-32-68-71(77)38-50-83(17)74(68)41-47-80(83,14)59(8)26-20-23-56(3)4)88-66-36-45-78(12)63(54-66)30-33-69-72(78)39-51-84(18)75(69)42-48-81(84,15)60(9)27-21-24-57(5)6/h28-30,55-60,64-75H,19-27,31-54H2,1-18H3/t58-,59-,60-,64-,65-,66-,67-,68-,69-,70+,71+,72+,73+,74+,75+,76+,77+,78+,79-,80-,81-,82+,83+,84+/m1/s1. The van der Waals surface area contributed by atoms with Gasteiger partial charge in [0, 0.05) is 0 Å². The Hall–Kier alpha value is -0.670. The van der Waals surface area contributed by atoms with E-state index in [1.54, 1.807) is 16.7 Å². The first kappa shape index (κ1) is 68.3. The summed E-state index contributed by atoms with van der Waals surface area (Å²) in [5.74, 6) is 11.7. The maximum absolute atomic E-state index is 16.4. The van der Waals surface area contributed by atoms with E-state index in [0.717, 1.165) is 147 Å². The molecule has 0 aliphatic heterocycles. The van der Waals surface area contributed by atoms with Gasteiger partial charge in [-0.1, -0.05) is 217 Å². The third kappa shape index (κ3) is 11.4. The summed E-state index contributed by atoms with van der Waals surface area (Å²) in [6.45, 7) is 46.7. The molecule has 0 aromatic carbocycles. The smallest absolute Gasteiger partial charge is 0.283 e. The van der Waals surface area contributed by atoms with E-state index in [0.29, 0.717) is 32.5 Å². The minimum absolute atomic E-state index is 0.141. The van der Waals surface area contributed by atoms with Crippen LogP contribution >= 0.6 is 7.82 Å². The van der Waals surface area contributed by atoms with E-state index >= 15 is 4.57 Å². The van der Waals surface area contributed by atoms with Gasteiger partial charge >= 0.3 is 7.82 Å². The van der Waals surface area contributed by atoms with Crippen LogP contribution in [0.2, 0.25) is 0 Å². The van der Waals surface area contributed by atoms with Crippen molar-refractivity contribution >= 4 is 7.82 Å². The third-order valence-electron chi connectivity index (χ3n) is 34.5. The average Bonchev–Trinajstić information content (AvgIpc) is 1.68. The Balaban J connectivity index is 0.761. The monoisotopic (exact) mass is 1250 g/mol. The fourth-order valence-corrected chi connectivity index (χ4v) is 29.3. The molecule has 0 N–H and O–H groups in total. The molecule has 0 heterocycles. The fourth-order valence-electron chi connectivity index (χ4n) is 27.6. The van der Waals surface area contributed by atoms with Gasteiger partial charge in [0.1, 0.15) is 0 Å². The number of hydrogen-bond donors (Lipinski definition) is 0. The van der Waals surface area contributed by atoms with Gasteiger partial charge in [-0.05, 0) is 292 Å². The number of rotatable bonds is 21. The van der Waals surface area contributed by atoms with Crippen molar-refractivity contribution in [2.24, 2.45) is 138 Å². The number of hydrogen-bond acceptors (Lipinski definition) is 4. The second kappa shape index (κ2) is 25.0. The zero-order valence-electron chi connectivity index (χ0n) is 61.5. The molecule has 89 heavy (non-hydrogen) atoms. The van der Waals surface area contributed by atoms with Gasteiger partial charge < -0.3 is 0 Å². The number of phosphoric ester groups is 1. The zero-order valence-corrected chi connectivity index (χ0v) is 62.4. The largest absolute Gasteiger partial charge is 0.475 e. The summed E-state index contributed by atoms with van der Waals surface area (Å²) in [6.07, 6.45) is 49.3. The van der Waals surface area contributed by atoms with E-state index in [2.05, 4.69) is 143 Å². The highest BCUT2D eigenvalue weighted by molar-refractivity contribution is 7.48. The van der Waals surface area contributed by atoms with Crippen LogP contribution in [0, 0.1) is 138 Å². The van der Waals surface area contributed by atoms with Gasteiger partial charge in [0.15, 0.2) is 0 Å². The number of phosphoric acid groups is 1. The maximum atomic E-state index is 16.4. The molecule has 0 amide bonds. The molecule has 506 valence electrons. The molecule has 12 rings (SSSR count). The van der Waals surface area contributed by atoms with Crippen LogP contribution in [0.4, 0.5) is 0 Å². The van der Waals surface area contributed by atoms with Gasteiger partial charge in [0.2, 0.25) is 0 Å². The Morgan fingerprint density at radius 1 is 0.360 bits per heavy atom. The fraction of sp³-hybridized carbons (Fsp3) is 0.929. The van der Waals surface area contributed by atoms with Crippen molar-refractivity contribution < 1.29 is 18.1 Å². The molecular weight excluding hydrogens is 1100 g/mol. The summed E-state index contributed by atoms with van der Waals surface area (Å²) >= 11 is 0. The van der Waals surface area contributed by atoms with Gasteiger partial charge in [-0.15, -0.1) is 0 Å². The molecule has 0 saturated heterocycles. The summed E-state index contributed by atoms with van der Waals surface area (Å²) in [5, 5.41) is 0. The van der Waals surface area contributed by atoms with Gasteiger partial charge in [0.05, 0.1) is 18.3 Å². The molecule has 0 bridgehead atoms. The second-order valence-corrected chi connectivity index (χ2v) is 40.6. The summed E-state index contributed by atoms with van der Waals surface area (Å²) in [7, 11) is -3.99. The van der Waals surface area contributed by atoms with Gasteiger partial charge in [-0.2, -0.15) is 0 Å². The summed E-state index contributed by atoms with van der Waals surface area (Å²) < 4.78 is 38.3. The van der Waals surface area contributed by atoms with Crippen molar-refractivity contribution in [3.63, 3.8) is 0 Å². The lowest BCUT2D eigenvalue weighted by Crippen LogP contribution is -2.53. The maximum Gasteiger partial charge on any atom is 0.475 e. The number of allylic oxidation sites excluding steroid dienone is 3. The summed E-state index contributed by atoms with van der Waals surface area (Å²) in [6, 6.07) is 0. The first-order valence-corrected chi connectivity index (χ1v) is 41.1.